The number of anilines is 1. The first kappa shape index (κ1) is 18.9. The van der Waals surface area contributed by atoms with Crippen LogP contribution in [0.1, 0.15) is 12.0 Å². The van der Waals surface area contributed by atoms with Gasteiger partial charge in [0.2, 0.25) is 0 Å². The summed E-state index contributed by atoms with van der Waals surface area (Å²) in [6.07, 6.45) is 2.67. The summed E-state index contributed by atoms with van der Waals surface area (Å²) in [4.78, 5) is 3.09. The number of aromatic amines is 1. The lowest BCUT2D eigenvalue weighted by molar-refractivity contribution is 0.535. The Labute approximate surface area is 158 Å². The fourth-order valence-electron chi connectivity index (χ4n) is 2.64. The van der Waals surface area contributed by atoms with Crippen molar-refractivity contribution in [3.63, 3.8) is 0 Å². The Hall–Kier alpha value is -1.87. The molecular weight excluding hydrogens is 396 g/mol. The third-order valence-corrected chi connectivity index (χ3v) is 6.24. The minimum atomic E-state index is -3.76. The number of sulfonamides is 1. The quantitative estimate of drug-likeness (QED) is 0.581. The third kappa shape index (κ3) is 4.27. The first-order valence-electron chi connectivity index (χ1n) is 7.80. The zero-order chi connectivity index (χ0) is 18.7. The molecule has 9 heteroatoms. The summed E-state index contributed by atoms with van der Waals surface area (Å²) in [6, 6.07) is 11.6. The average Bonchev–Trinajstić information content (AvgIpc) is 2.97. The topological polar surface area (TPSA) is 102 Å². The fraction of sp³-hybridized carbons (Fsp3) is 0.176. The largest absolute Gasteiger partial charge is 0.772 e. The highest BCUT2D eigenvalue weighted by molar-refractivity contribution is 7.92. The van der Waals surface area contributed by atoms with E-state index in [0.29, 0.717) is 29.1 Å². The lowest BCUT2D eigenvalue weighted by Crippen LogP contribution is -2.13. The average molecular weight is 412 g/mol. The highest BCUT2D eigenvalue weighted by atomic mass is 35.5. The molecule has 1 heterocycles. The normalized spacial score (nSPS) is 13.0. The summed E-state index contributed by atoms with van der Waals surface area (Å²) < 4.78 is 48.9. The Morgan fingerprint density at radius 2 is 1.88 bits per heavy atom. The van der Waals surface area contributed by atoms with E-state index in [9.17, 15) is 17.2 Å². The standard InChI is InChI=1S/C17H17ClN2O4S2/c18-15-11-19-17-14(15)4-1-5-16(17)20-26(23,24)13-8-6-12(7-9-13)3-2-10-25(21)22/h1,4-9,11,19-20H,2-3,10H2,(H,21,22)/p-1. The molecule has 2 N–H and O–H groups in total. The molecule has 1 aromatic heterocycles. The minimum absolute atomic E-state index is 0.0876. The van der Waals surface area contributed by atoms with Crippen LogP contribution in [0.4, 0.5) is 5.69 Å². The molecule has 0 aliphatic heterocycles. The highest BCUT2D eigenvalue weighted by Crippen LogP contribution is 2.29. The number of nitrogens with one attached hydrogen (secondary N) is 2. The van der Waals surface area contributed by atoms with Crippen molar-refractivity contribution in [3.8, 4) is 0 Å². The van der Waals surface area contributed by atoms with Crippen LogP contribution in [0, 0.1) is 0 Å². The monoisotopic (exact) mass is 411 g/mol. The van der Waals surface area contributed by atoms with Crippen LogP contribution in [0.25, 0.3) is 10.9 Å². The fourth-order valence-corrected chi connectivity index (χ4v) is 4.30. The maximum Gasteiger partial charge on any atom is 0.261 e. The van der Waals surface area contributed by atoms with Crippen molar-refractivity contribution < 1.29 is 17.2 Å². The SMILES string of the molecule is O=S([O-])CCCc1ccc(S(=O)(=O)Nc2cccc3c(Cl)c[nH]c23)cc1. The number of rotatable bonds is 7. The van der Waals surface area contributed by atoms with Gasteiger partial charge in [0.15, 0.2) is 0 Å². The second-order valence-corrected chi connectivity index (χ2v) is 8.83. The molecule has 3 rings (SSSR count). The van der Waals surface area contributed by atoms with Crippen LogP contribution in [0.15, 0.2) is 53.6 Å². The van der Waals surface area contributed by atoms with Gasteiger partial charge in [0.25, 0.3) is 10.0 Å². The molecule has 3 aromatic rings. The molecule has 26 heavy (non-hydrogen) atoms. The Morgan fingerprint density at radius 3 is 2.58 bits per heavy atom. The molecule has 0 spiro atoms. The van der Waals surface area contributed by atoms with E-state index < -0.39 is 21.1 Å². The summed E-state index contributed by atoms with van der Waals surface area (Å²) >= 11 is 4.01. The summed E-state index contributed by atoms with van der Waals surface area (Å²) in [5, 5.41) is 1.25. The lowest BCUT2D eigenvalue weighted by atomic mass is 10.1. The second kappa shape index (κ2) is 7.79. The molecule has 0 bridgehead atoms. The Kier molecular flexibility index (Phi) is 5.67. The maximum absolute atomic E-state index is 12.6. The Balaban J connectivity index is 1.78. The smallest absolute Gasteiger partial charge is 0.261 e. The number of para-hydroxylation sites is 1. The van der Waals surface area contributed by atoms with E-state index in [-0.39, 0.29) is 10.6 Å². The van der Waals surface area contributed by atoms with Crippen molar-refractivity contribution >= 4 is 49.3 Å². The van der Waals surface area contributed by atoms with E-state index in [0.717, 1.165) is 10.9 Å². The van der Waals surface area contributed by atoms with Crippen molar-refractivity contribution in [1.82, 2.24) is 4.98 Å². The predicted octanol–water partition coefficient (Wildman–Crippen LogP) is 3.43. The zero-order valence-corrected chi connectivity index (χ0v) is 16.0. The van der Waals surface area contributed by atoms with E-state index in [2.05, 4.69) is 9.71 Å². The Bertz CT molecular complexity index is 1050. The van der Waals surface area contributed by atoms with Gasteiger partial charge in [-0.2, -0.15) is 0 Å². The van der Waals surface area contributed by atoms with Crippen molar-refractivity contribution in [2.75, 3.05) is 10.5 Å². The number of H-pyrrole nitrogens is 1. The second-order valence-electron chi connectivity index (χ2n) is 5.73. The molecule has 0 radical (unpaired) electrons. The number of aromatic nitrogens is 1. The molecule has 0 aliphatic rings. The molecular formula is C17H16ClN2O4S2-. The molecule has 2 aromatic carbocycles. The molecule has 0 aliphatic carbocycles. The number of benzene rings is 2. The molecule has 0 saturated heterocycles. The van der Waals surface area contributed by atoms with Crippen LogP contribution < -0.4 is 4.72 Å². The van der Waals surface area contributed by atoms with Crippen LogP contribution in [0.5, 0.6) is 0 Å². The van der Waals surface area contributed by atoms with Crippen molar-refractivity contribution in [2.24, 2.45) is 0 Å². The van der Waals surface area contributed by atoms with E-state index in [1.165, 1.54) is 12.1 Å². The first-order valence-corrected chi connectivity index (χ1v) is 10.9. The van der Waals surface area contributed by atoms with Gasteiger partial charge >= 0.3 is 0 Å². The van der Waals surface area contributed by atoms with Gasteiger partial charge in [-0.25, -0.2) is 8.42 Å². The molecule has 6 nitrogen and oxygen atoms in total. The van der Waals surface area contributed by atoms with Crippen LogP contribution in [0.3, 0.4) is 0 Å². The maximum atomic E-state index is 12.6. The van der Waals surface area contributed by atoms with Crippen molar-refractivity contribution in [1.29, 1.82) is 0 Å². The summed E-state index contributed by atoms with van der Waals surface area (Å²) in [5.74, 6) is 0.0876. The molecule has 1 unspecified atom stereocenters. The van der Waals surface area contributed by atoms with E-state index in [4.69, 9.17) is 11.6 Å². The van der Waals surface area contributed by atoms with Gasteiger partial charge in [0.05, 0.1) is 21.1 Å². The summed E-state index contributed by atoms with van der Waals surface area (Å²) in [5.41, 5.74) is 1.91. The van der Waals surface area contributed by atoms with Crippen molar-refractivity contribution in [2.45, 2.75) is 17.7 Å². The number of halogens is 1. The van der Waals surface area contributed by atoms with Gasteiger partial charge in [-0.1, -0.05) is 46.9 Å². The zero-order valence-electron chi connectivity index (χ0n) is 13.6. The molecule has 0 saturated carbocycles. The molecule has 138 valence electrons. The third-order valence-electron chi connectivity index (χ3n) is 3.92. The highest BCUT2D eigenvalue weighted by Gasteiger charge is 2.16. The van der Waals surface area contributed by atoms with E-state index in [1.807, 2.05) is 0 Å². The Morgan fingerprint density at radius 1 is 1.15 bits per heavy atom. The first-order chi connectivity index (χ1) is 12.4. The number of aryl methyl sites for hydroxylation is 1. The molecule has 1 atom stereocenters. The van der Waals surface area contributed by atoms with Gasteiger partial charge in [-0.05, 0) is 36.6 Å². The number of hydrogen-bond acceptors (Lipinski definition) is 4. The van der Waals surface area contributed by atoms with E-state index >= 15 is 0 Å². The van der Waals surface area contributed by atoms with Gasteiger partial charge < -0.3 is 9.54 Å². The molecule has 0 fully saturated rings. The molecule has 0 amide bonds. The minimum Gasteiger partial charge on any atom is -0.772 e. The summed E-state index contributed by atoms with van der Waals surface area (Å²) in [7, 11) is -3.76. The lowest BCUT2D eigenvalue weighted by Gasteiger charge is -2.10. The van der Waals surface area contributed by atoms with Crippen LogP contribution in [-0.4, -0.2) is 27.9 Å². The van der Waals surface area contributed by atoms with Crippen LogP contribution in [0.2, 0.25) is 5.02 Å². The van der Waals surface area contributed by atoms with Crippen molar-refractivity contribution in [3.05, 3.63) is 59.2 Å². The van der Waals surface area contributed by atoms with Crippen LogP contribution >= 0.6 is 11.6 Å². The predicted molar refractivity (Wildman–Crippen MR) is 103 cm³/mol. The van der Waals surface area contributed by atoms with E-state index in [1.54, 1.807) is 36.5 Å². The van der Waals surface area contributed by atoms with Gasteiger partial charge in [-0.3, -0.25) is 8.93 Å². The number of fused-ring (bicyclic) bond motifs is 1. The van der Waals surface area contributed by atoms with Gasteiger partial charge in [0, 0.05) is 17.3 Å². The van der Waals surface area contributed by atoms with Gasteiger partial charge in [-0.15, -0.1) is 0 Å². The number of hydrogen-bond donors (Lipinski definition) is 2. The van der Waals surface area contributed by atoms with Gasteiger partial charge in [0.1, 0.15) is 0 Å². The van der Waals surface area contributed by atoms with Crippen LogP contribution in [-0.2, 0) is 27.5 Å². The summed E-state index contributed by atoms with van der Waals surface area (Å²) in [6.45, 7) is 0.